The van der Waals surface area contributed by atoms with Gasteiger partial charge in [-0.05, 0) is 31.5 Å². The maximum atomic E-state index is 11.6. The number of rotatable bonds is 9. The fraction of sp³-hybridized carbons (Fsp3) is 0.438. The Kier molecular flexibility index (Phi) is 7.76. The van der Waals surface area contributed by atoms with Crippen LogP contribution in [0.25, 0.3) is 0 Å². The molecule has 0 aromatic heterocycles. The van der Waals surface area contributed by atoms with E-state index >= 15 is 0 Å². The Balaban J connectivity index is 2.83. The number of hydrogen-bond acceptors (Lipinski definition) is 7. The summed E-state index contributed by atoms with van der Waals surface area (Å²) in [7, 11) is 0. The monoisotopic (exact) mass is 323 g/mol. The predicted molar refractivity (Wildman–Crippen MR) is 82.0 cm³/mol. The number of nitrogens with zero attached hydrogens (tertiary/aromatic N) is 1. The van der Waals surface area contributed by atoms with E-state index in [4.69, 9.17) is 9.47 Å². The van der Waals surface area contributed by atoms with Gasteiger partial charge in [0.1, 0.15) is 5.75 Å². The van der Waals surface area contributed by atoms with Gasteiger partial charge in [0.2, 0.25) is 0 Å². The summed E-state index contributed by atoms with van der Waals surface area (Å²) in [5.74, 6) is -1.02. The summed E-state index contributed by atoms with van der Waals surface area (Å²) >= 11 is 0. The lowest BCUT2D eigenvalue weighted by atomic mass is 10.1. The lowest BCUT2D eigenvalue weighted by Gasteiger charge is -2.20. The van der Waals surface area contributed by atoms with E-state index in [0.29, 0.717) is 11.8 Å². The number of benzene rings is 1. The number of aromatic hydroxyl groups is 1. The molecule has 0 unspecified atom stereocenters. The zero-order valence-electron chi connectivity index (χ0n) is 13.3. The Bertz CT molecular complexity index is 538. The molecule has 0 heterocycles. The molecular formula is C16H21NO6. The van der Waals surface area contributed by atoms with Gasteiger partial charge in [-0.3, -0.25) is 19.3 Å². The molecule has 0 saturated carbocycles. The van der Waals surface area contributed by atoms with Crippen LogP contribution >= 0.6 is 0 Å². The topological polar surface area (TPSA) is 93.1 Å². The highest BCUT2D eigenvalue weighted by molar-refractivity contribution is 5.79. The first-order valence-electron chi connectivity index (χ1n) is 7.30. The molecule has 7 nitrogen and oxygen atoms in total. The lowest BCUT2D eigenvalue weighted by molar-refractivity contribution is -0.148. The molecule has 0 aliphatic carbocycles. The largest absolute Gasteiger partial charge is 0.507 e. The standard InChI is InChI=1S/C16H21NO6/c1-3-22-15(20)9-17(10-16(21)23-4-2)8-12-5-6-14(19)13(7-12)11-18/h5-7,11,19H,3-4,8-10H2,1-2H3. The van der Waals surface area contributed by atoms with Crippen molar-refractivity contribution in [2.45, 2.75) is 20.4 Å². The van der Waals surface area contributed by atoms with Gasteiger partial charge >= 0.3 is 11.9 Å². The van der Waals surface area contributed by atoms with Gasteiger partial charge in [-0.25, -0.2) is 0 Å². The van der Waals surface area contributed by atoms with E-state index in [1.54, 1.807) is 24.8 Å². The number of ether oxygens (including phenoxy) is 2. The molecule has 23 heavy (non-hydrogen) atoms. The third kappa shape index (κ3) is 6.48. The summed E-state index contributed by atoms with van der Waals surface area (Å²) in [5, 5.41) is 9.51. The number of aldehydes is 1. The second kappa shape index (κ2) is 9.58. The minimum Gasteiger partial charge on any atom is -0.507 e. The van der Waals surface area contributed by atoms with Crippen molar-refractivity contribution < 1.29 is 29.0 Å². The van der Waals surface area contributed by atoms with E-state index in [1.807, 2.05) is 0 Å². The zero-order chi connectivity index (χ0) is 17.2. The number of carbonyl (C=O) groups is 3. The SMILES string of the molecule is CCOC(=O)CN(CC(=O)OCC)Cc1ccc(O)c(C=O)c1. The summed E-state index contributed by atoms with van der Waals surface area (Å²) in [6.45, 7) is 3.97. The minimum atomic E-state index is -0.453. The van der Waals surface area contributed by atoms with Crippen molar-refractivity contribution in [3.8, 4) is 5.75 Å². The van der Waals surface area contributed by atoms with Crippen LogP contribution < -0.4 is 0 Å². The number of phenols is 1. The lowest BCUT2D eigenvalue weighted by Crippen LogP contribution is -2.35. The Morgan fingerprint density at radius 3 is 2.17 bits per heavy atom. The molecule has 126 valence electrons. The molecule has 0 radical (unpaired) electrons. The Morgan fingerprint density at radius 2 is 1.70 bits per heavy atom. The Hall–Kier alpha value is -2.41. The summed E-state index contributed by atoms with van der Waals surface area (Å²) in [6.07, 6.45) is 0.542. The Labute approximate surface area is 134 Å². The molecule has 0 spiro atoms. The molecule has 0 fully saturated rings. The van der Waals surface area contributed by atoms with Crippen LogP contribution in [0.4, 0.5) is 0 Å². The van der Waals surface area contributed by atoms with Gasteiger partial charge in [0.05, 0.1) is 31.9 Å². The van der Waals surface area contributed by atoms with Crippen LogP contribution in [-0.4, -0.2) is 54.5 Å². The van der Waals surface area contributed by atoms with Crippen LogP contribution in [0.3, 0.4) is 0 Å². The van der Waals surface area contributed by atoms with E-state index in [2.05, 4.69) is 0 Å². The number of phenolic OH excluding ortho intramolecular Hbond substituents is 1. The summed E-state index contributed by atoms with van der Waals surface area (Å²) in [6, 6.07) is 4.52. The summed E-state index contributed by atoms with van der Waals surface area (Å²) in [5.41, 5.74) is 0.827. The first-order valence-corrected chi connectivity index (χ1v) is 7.30. The van der Waals surface area contributed by atoms with Gasteiger partial charge in [-0.2, -0.15) is 0 Å². The second-order valence-corrected chi connectivity index (χ2v) is 4.77. The van der Waals surface area contributed by atoms with Crippen LogP contribution in [-0.2, 0) is 25.6 Å². The highest BCUT2D eigenvalue weighted by atomic mass is 16.5. The van der Waals surface area contributed by atoms with Gasteiger partial charge < -0.3 is 14.6 Å². The molecule has 1 aromatic rings. The van der Waals surface area contributed by atoms with E-state index in [-0.39, 0.29) is 44.2 Å². The average Bonchev–Trinajstić information content (AvgIpc) is 2.49. The van der Waals surface area contributed by atoms with E-state index < -0.39 is 11.9 Å². The molecule has 0 aliphatic heterocycles. The number of esters is 2. The van der Waals surface area contributed by atoms with Gasteiger partial charge in [0, 0.05) is 6.54 Å². The van der Waals surface area contributed by atoms with Crippen molar-refractivity contribution in [3.05, 3.63) is 29.3 Å². The van der Waals surface area contributed by atoms with Crippen LogP contribution in [0.1, 0.15) is 29.8 Å². The van der Waals surface area contributed by atoms with Crippen molar-refractivity contribution in [1.82, 2.24) is 4.90 Å². The minimum absolute atomic E-state index is 0.0794. The van der Waals surface area contributed by atoms with E-state index in [9.17, 15) is 19.5 Å². The highest BCUT2D eigenvalue weighted by Gasteiger charge is 2.17. The van der Waals surface area contributed by atoms with Crippen molar-refractivity contribution in [2.24, 2.45) is 0 Å². The maximum Gasteiger partial charge on any atom is 0.320 e. The van der Waals surface area contributed by atoms with E-state index in [1.165, 1.54) is 12.1 Å². The molecule has 0 amide bonds. The molecule has 1 N–H and O–H groups in total. The molecular weight excluding hydrogens is 302 g/mol. The van der Waals surface area contributed by atoms with Crippen molar-refractivity contribution >= 4 is 18.2 Å². The summed E-state index contributed by atoms with van der Waals surface area (Å²) < 4.78 is 9.77. The second-order valence-electron chi connectivity index (χ2n) is 4.77. The molecule has 7 heteroatoms. The summed E-state index contributed by atoms with van der Waals surface area (Å²) in [4.78, 5) is 35.7. The van der Waals surface area contributed by atoms with Crippen molar-refractivity contribution in [1.29, 1.82) is 0 Å². The van der Waals surface area contributed by atoms with E-state index in [0.717, 1.165) is 0 Å². The first-order chi connectivity index (χ1) is 11.0. The molecule has 0 saturated heterocycles. The zero-order valence-corrected chi connectivity index (χ0v) is 13.3. The van der Waals surface area contributed by atoms with Crippen LogP contribution in [0.5, 0.6) is 5.75 Å². The quantitative estimate of drug-likeness (QED) is 0.538. The number of hydrogen-bond donors (Lipinski definition) is 1. The highest BCUT2D eigenvalue weighted by Crippen LogP contribution is 2.17. The third-order valence-corrected chi connectivity index (χ3v) is 2.94. The van der Waals surface area contributed by atoms with Crippen LogP contribution in [0.15, 0.2) is 18.2 Å². The van der Waals surface area contributed by atoms with Gasteiger partial charge in [0.25, 0.3) is 0 Å². The predicted octanol–water partition coefficient (Wildman–Crippen LogP) is 1.13. The van der Waals surface area contributed by atoms with Crippen LogP contribution in [0.2, 0.25) is 0 Å². The molecule has 0 aliphatic rings. The fourth-order valence-corrected chi connectivity index (χ4v) is 2.00. The van der Waals surface area contributed by atoms with Gasteiger partial charge in [-0.15, -0.1) is 0 Å². The number of carbonyl (C=O) groups excluding carboxylic acids is 3. The molecule has 0 atom stereocenters. The molecule has 1 aromatic carbocycles. The molecule has 0 bridgehead atoms. The maximum absolute atomic E-state index is 11.6. The van der Waals surface area contributed by atoms with Crippen molar-refractivity contribution in [2.75, 3.05) is 26.3 Å². The van der Waals surface area contributed by atoms with Crippen molar-refractivity contribution in [3.63, 3.8) is 0 Å². The fourth-order valence-electron chi connectivity index (χ4n) is 2.00. The van der Waals surface area contributed by atoms with Gasteiger partial charge in [0.15, 0.2) is 6.29 Å². The first kappa shape index (κ1) is 18.6. The molecule has 1 rings (SSSR count). The Morgan fingerprint density at radius 1 is 1.13 bits per heavy atom. The average molecular weight is 323 g/mol. The smallest absolute Gasteiger partial charge is 0.320 e. The van der Waals surface area contributed by atoms with Crippen LogP contribution in [0, 0.1) is 0 Å². The normalized spacial score (nSPS) is 10.4. The van der Waals surface area contributed by atoms with Gasteiger partial charge in [-0.1, -0.05) is 6.07 Å². The third-order valence-electron chi connectivity index (χ3n) is 2.94.